The topological polar surface area (TPSA) is 130 Å². The van der Waals surface area contributed by atoms with Crippen molar-refractivity contribution >= 4 is 17.8 Å². The van der Waals surface area contributed by atoms with Crippen molar-refractivity contribution in [2.75, 3.05) is 0 Å². The van der Waals surface area contributed by atoms with E-state index < -0.39 is 5.97 Å². The zero-order valence-corrected chi connectivity index (χ0v) is 5.47. The lowest BCUT2D eigenvalue weighted by Crippen LogP contribution is -2.43. The molecule has 60 valence electrons. The number of amidine groups is 1. The van der Waals surface area contributed by atoms with Crippen molar-refractivity contribution < 1.29 is 10.3 Å². The van der Waals surface area contributed by atoms with E-state index in [1.165, 1.54) is 0 Å². The quantitative estimate of drug-likeness (QED) is 0.181. The molecule has 11 heavy (non-hydrogen) atoms. The standard InChI is InChI=1S/C4H7N5O2/c5-3-2(9-11)1-7-4(6,10)8-3/h1,10-11H,6H2,(H2,5,8)/b9-2+. The van der Waals surface area contributed by atoms with Crippen LogP contribution in [0.1, 0.15) is 0 Å². The van der Waals surface area contributed by atoms with Gasteiger partial charge in [-0.1, -0.05) is 5.16 Å². The van der Waals surface area contributed by atoms with Gasteiger partial charge < -0.3 is 16.0 Å². The lowest BCUT2D eigenvalue weighted by Gasteiger charge is -2.16. The Hall–Kier alpha value is -1.47. The van der Waals surface area contributed by atoms with Gasteiger partial charge in [0, 0.05) is 0 Å². The fraction of sp³-hybridized carbons (Fsp3) is 0.250. The van der Waals surface area contributed by atoms with E-state index in [1.807, 2.05) is 0 Å². The first kappa shape index (κ1) is 7.63. The molecule has 0 fully saturated rings. The van der Waals surface area contributed by atoms with Gasteiger partial charge in [0.25, 0.3) is 0 Å². The fourth-order valence-electron chi connectivity index (χ4n) is 0.563. The van der Waals surface area contributed by atoms with Crippen LogP contribution >= 0.6 is 0 Å². The normalized spacial score (nSPS) is 34.0. The zero-order chi connectivity index (χ0) is 8.48. The largest absolute Gasteiger partial charge is 0.410 e. The maximum atomic E-state index is 8.93. The minimum absolute atomic E-state index is 0.0277. The summed E-state index contributed by atoms with van der Waals surface area (Å²) in [5.41, 5.74) is 10.2. The summed E-state index contributed by atoms with van der Waals surface area (Å²) in [7, 11) is 0. The van der Waals surface area contributed by atoms with Crippen LogP contribution in [0.4, 0.5) is 0 Å². The van der Waals surface area contributed by atoms with Crippen LogP contribution in [0.25, 0.3) is 0 Å². The number of nitrogens with zero attached hydrogens (tertiary/aromatic N) is 3. The van der Waals surface area contributed by atoms with Crippen molar-refractivity contribution in [3.8, 4) is 0 Å². The Bertz CT molecular complexity index is 253. The predicted octanol–water partition coefficient (Wildman–Crippen LogP) is -2.18. The number of hydrogen-bond donors (Lipinski definition) is 4. The van der Waals surface area contributed by atoms with Crippen LogP contribution in [-0.4, -0.2) is 34.0 Å². The molecular formula is C4H7N5O2. The van der Waals surface area contributed by atoms with Gasteiger partial charge in [0.2, 0.25) is 0 Å². The molecule has 0 bridgehead atoms. The molecule has 0 saturated heterocycles. The highest BCUT2D eigenvalue weighted by Crippen LogP contribution is 2.02. The van der Waals surface area contributed by atoms with E-state index >= 15 is 0 Å². The average Bonchev–Trinajstić information content (AvgIpc) is 1.86. The number of nitrogens with two attached hydrogens (primary N) is 2. The fourth-order valence-corrected chi connectivity index (χ4v) is 0.563. The molecule has 7 heteroatoms. The lowest BCUT2D eigenvalue weighted by molar-refractivity contribution is 0.0671. The second-order valence-electron chi connectivity index (χ2n) is 1.93. The van der Waals surface area contributed by atoms with Crippen LogP contribution in [0.5, 0.6) is 0 Å². The molecule has 0 aromatic rings. The Morgan fingerprint density at radius 1 is 1.64 bits per heavy atom. The van der Waals surface area contributed by atoms with Gasteiger partial charge in [-0.05, 0) is 0 Å². The molecule has 0 saturated carbocycles. The molecule has 1 aliphatic rings. The van der Waals surface area contributed by atoms with E-state index in [4.69, 9.17) is 21.8 Å². The molecule has 1 aliphatic heterocycles. The number of rotatable bonds is 0. The average molecular weight is 157 g/mol. The van der Waals surface area contributed by atoms with E-state index in [0.717, 1.165) is 6.21 Å². The second-order valence-corrected chi connectivity index (χ2v) is 1.93. The van der Waals surface area contributed by atoms with Crippen LogP contribution < -0.4 is 11.5 Å². The summed E-state index contributed by atoms with van der Waals surface area (Å²) in [4.78, 5) is 6.62. The summed E-state index contributed by atoms with van der Waals surface area (Å²) in [5, 5.41) is 19.9. The molecule has 1 rings (SSSR count). The maximum absolute atomic E-state index is 8.93. The van der Waals surface area contributed by atoms with Gasteiger partial charge in [-0.2, -0.15) is 4.99 Å². The van der Waals surface area contributed by atoms with Gasteiger partial charge in [0.15, 0.2) is 11.5 Å². The first-order chi connectivity index (χ1) is 5.05. The SMILES string of the molecule is NC1=NC(N)(O)N=C/C1=N\O. The van der Waals surface area contributed by atoms with Crippen molar-refractivity contribution in [2.24, 2.45) is 26.6 Å². The predicted molar refractivity (Wildman–Crippen MR) is 38.5 cm³/mol. The van der Waals surface area contributed by atoms with Crippen molar-refractivity contribution in [3.05, 3.63) is 0 Å². The number of hydrogen-bond acceptors (Lipinski definition) is 7. The van der Waals surface area contributed by atoms with E-state index in [9.17, 15) is 0 Å². The molecule has 0 aromatic heterocycles. The molecular weight excluding hydrogens is 150 g/mol. The minimum Gasteiger partial charge on any atom is -0.410 e. The second kappa shape index (κ2) is 2.29. The molecule has 0 aliphatic carbocycles. The van der Waals surface area contributed by atoms with Crippen LogP contribution in [0.2, 0.25) is 0 Å². The molecule has 0 radical (unpaired) electrons. The highest BCUT2D eigenvalue weighted by Gasteiger charge is 2.23. The molecule has 0 amide bonds. The van der Waals surface area contributed by atoms with E-state index in [2.05, 4.69) is 15.1 Å². The third kappa shape index (κ3) is 1.51. The van der Waals surface area contributed by atoms with Gasteiger partial charge >= 0.3 is 5.97 Å². The van der Waals surface area contributed by atoms with Crippen molar-refractivity contribution in [3.63, 3.8) is 0 Å². The molecule has 7 nitrogen and oxygen atoms in total. The summed E-state index contributed by atoms with van der Waals surface area (Å²) in [6, 6.07) is 0. The third-order valence-electron chi connectivity index (χ3n) is 1.03. The smallest absolute Gasteiger partial charge is 0.317 e. The van der Waals surface area contributed by atoms with Gasteiger partial charge in [0.1, 0.15) is 0 Å². The molecule has 1 heterocycles. The Morgan fingerprint density at radius 2 is 2.27 bits per heavy atom. The monoisotopic (exact) mass is 157 g/mol. The summed E-state index contributed by atoms with van der Waals surface area (Å²) in [6.07, 6.45) is 1.03. The van der Waals surface area contributed by atoms with Crippen molar-refractivity contribution in [1.29, 1.82) is 0 Å². The Kier molecular flexibility index (Phi) is 1.59. The number of oxime groups is 1. The van der Waals surface area contributed by atoms with Gasteiger partial charge in [-0.25, -0.2) is 4.99 Å². The van der Waals surface area contributed by atoms with Crippen LogP contribution in [0.3, 0.4) is 0 Å². The van der Waals surface area contributed by atoms with E-state index in [-0.39, 0.29) is 11.5 Å². The Labute approximate surface area is 61.7 Å². The summed E-state index contributed by atoms with van der Waals surface area (Å²) >= 11 is 0. The summed E-state index contributed by atoms with van der Waals surface area (Å²) in [6.45, 7) is 0. The molecule has 6 N–H and O–H groups in total. The Morgan fingerprint density at radius 3 is 2.73 bits per heavy atom. The van der Waals surface area contributed by atoms with Gasteiger partial charge in [0.05, 0.1) is 6.21 Å². The highest BCUT2D eigenvalue weighted by atomic mass is 16.4. The summed E-state index contributed by atoms with van der Waals surface area (Å²) < 4.78 is 0. The molecule has 0 spiro atoms. The first-order valence-electron chi connectivity index (χ1n) is 2.69. The summed E-state index contributed by atoms with van der Waals surface area (Å²) in [5.74, 6) is -2.19. The lowest BCUT2D eigenvalue weighted by atomic mass is 10.3. The number of aliphatic hydroxyl groups is 1. The van der Waals surface area contributed by atoms with Crippen molar-refractivity contribution in [1.82, 2.24) is 0 Å². The van der Waals surface area contributed by atoms with E-state index in [1.54, 1.807) is 0 Å². The zero-order valence-electron chi connectivity index (χ0n) is 5.47. The Balaban J connectivity index is 2.98. The van der Waals surface area contributed by atoms with Gasteiger partial charge in [-0.15, -0.1) is 0 Å². The molecule has 0 aromatic carbocycles. The van der Waals surface area contributed by atoms with Crippen LogP contribution in [0, 0.1) is 0 Å². The first-order valence-corrected chi connectivity index (χ1v) is 2.69. The van der Waals surface area contributed by atoms with E-state index in [0.29, 0.717) is 0 Å². The molecule has 1 unspecified atom stereocenters. The maximum Gasteiger partial charge on any atom is 0.317 e. The van der Waals surface area contributed by atoms with Crippen LogP contribution in [0.15, 0.2) is 15.1 Å². The third-order valence-corrected chi connectivity index (χ3v) is 1.03. The van der Waals surface area contributed by atoms with Crippen LogP contribution in [-0.2, 0) is 0 Å². The highest BCUT2D eigenvalue weighted by molar-refractivity contribution is 6.62. The molecule has 1 atom stereocenters. The van der Waals surface area contributed by atoms with Gasteiger partial charge in [-0.3, -0.25) is 5.73 Å². The number of aliphatic imine (C=N–C) groups is 2. The van der Waals surface area contributed by atoms with Crippen molar-refractivity contribution in [2.45, 2.75) is 5.97 Å². The minimum atomic E-state index is -2.03.